The van der Waals surface area contributed by atoms with Crippen LogP contribution in [-0.2, 0) is 11.3 Å². The first kappa shape index (κ1) is 19.3. The lowest BCUT2D eigenvalue weighted by Crippen LogP contribution is -2.34. The number of hydrogen-bond donors (Lipinski definition) is 2. The fraction of sp³-hybridized carbons (Fsp3) is 0.476. The molecule has 1 aliphatic heterocycles. The van der Waals surface area contributed by atoms with Gasteiger partial charge in [0.15, 0.2) is 0 Å². The molecule has 4 nitrogen and oxygen atoms in total. The number of allylic oxidation sites excluding steroid dienone is 3. The van der Waals surface area contributed by atoms with Crippen LogP contribution in [0.1, 0.15) is 38.7 Å². The zero-order valence-electron chi connectivity index (χ0n) is 15.4. The number of nitrogens with one attached hydrogen (secondary N) is 1. The molecule has 0 bridgehead atoms. The SMILES string of the molecule is CC=C(C=CC(=O)NCc1ccc(N2CCC(CO)CC2)cc1)CC. The highest BCUT2D eigenvalue weighted by molar-refractivity contribution is 5.87. The first-order valence-corrected chi connectivity index (χ1v) is 9.22. The highest BCUT2D eigenvalue weighted by atomic mass is 16.3. The van der Waals surface area contributed by atoms with Gasteiger partial charge < -0.3 is 15.3 Å². The van der Waals surface area contributed by atoms with Crippen molar-refractivity contribution < 1.29 is 9.90 Å². The second-order valence-corrected chi connectivity index (χ2v) is 6.55. The minimum absolute atomic E-state index is 0.0667. The van der Waals surface area contributed by atoms with Crippen LogP contribution in [0, 0.1) is 5.92 Å². The Balaban J connectivity index is 1.81. The van der Waals surface area contributed by atoms with Crippen molar-refractivity contribution in [1.82, 2.24) is 5.32 Å². The zero-order chi connectivity index (χ0) is 18.1. The van der Waals surface area contributed by atoms with Gasteiger partial charge in [-0.3, -0.25) is 4.79 Å². The van der Waals surface area contributed by atoms with Crippen molar-refractivity contribution in [1.29, 1.82) is 0 Å². The Hall–Kier alpha value is -2.07. The van der Waals surface area contributed by atoms with Crippen molar-refractivity contribution in [3.05, 3.63) is 53.6 Å². The van der Waals surface area contributed by atoms with E-state index in [4.69, 9.17) is 0 Å². The third kappa shape index (κ3) is 6.05. The van der Waals surface area contributed by atoms with Crippen LogP contribution in [0.4, 0.5) is 5.69 Å². The Bertz CT molecular complexity index is 597. The Morgan fingerprint density at radius 3 is 2.48 bits per heavy atom. The number of amides is 1. The van der Waals surface area contributed by atoms with Gasteiger partial charge in [-0.2, -0.15) is 0 Å². The molecule has 0 unspecified atom stereocenters. The van der Waals surface area contributed by atoms with E-state index in [2.05, 4.69) is 41.4 Å². The molecule has 136 valence electrons. The molecule has 2 rings (SSSR count). The van der Waals surface area contributed by atoms with Crippen molar-refractivity contribution in [2.24, 2.45) is 5.92 Å². The van der Waals surface area contributed by atoms with Crippen LogP contribution in [0.2, 0.25) is 0 Å². The van der Waals surface area contributed by atoms with Crippen molar-refractivity contribution in [3.8, 4) is 0 Å². The minimum Gasteiger partial charge on any atom is -0.396 e. The molecular weight excluding hydrogens is 312 g/mol. The summed E-state index contributed by atoms with van der Waals surface area (Å²) >= 11 is 0. The largest absolute Gasteiger partial charge is 0.396 e. The lowest BCUT2D eigenvalue weighted by Gasteiger charge is -2.33. The summed E-state index contributed by atoms with van der Waals surface area (Å²) in [4.78, 5) is 14.2. The normalized spacial score (nSPS) is 16.4. The molecule has 0 aliphatic carbocycles. The average Bonchev–Trinajstić information content (AvgIpc) is 2.67. The predicted molar refractivity (Wildman–Crippen MR) is 103 cm³/mol. The summed E-state index contributed by atoms with van der Waals surface area (Å²) in [5.74, 6) is 0.387. The molecule has 1 heterocycles. The lowest BCUT2D eigenvalue weighted by atomic mass is 9.97. The van der Waals surface area contributed by atoms with Crippen molar-refractivity contribution in [2.75, 3.05) is 24.6 Å². The molecule has 1 saturated heterocycles. The van der Waals surface area contributed by atoms with Crippen LogP contribution >= 0.6 is 0 Å². The third-order valence-corrected chi connectivity index (χ3v) is 4.87. The average molecular weight is 342 g/mol. The van der Waals surface area contributed by atoms with Gasteiger partial charge in [0.25, 0.3) is 0 Å². The molecule has 1 aliphatic rings. The lowest BCUT2D eigenvalue weighted by molar-refractivity contribution is -0.116. The molecule has 4 heteroatoms. The van der Waals surface area contributed by atoms with Crippen LogP contribution in [-0.4, -0.2) is 30.7 Å². The van der Waals surface area contributed by atoms with Crippen LogP contribution in [0.3, 0.4) is 0 Å². The van der Waals surface area contributed by atoms with Gasteiger partial charge in [0.05, 0.1) is 0 Å². The summed E-state index contributed by atoms with van der Waals surface area (Å²) < 4.78 is 0. The summed E-state index contributed by atoms with van der Waals surface area (Å²) in [5.41, 5.74) is 3.47. The number of piperidine rings is 1. The fourth-order valence-electron chi connectivity index (χ4n) is 3.05. The van der Waals surface area contributed by atoms with E-state index in [-0.39, 0.29) is 5.91 Å². The number of rotatable bonds is 7. The molecule has 1 aromatic rings. The quantitative estimate of drug-likeness (QED) is 0.590. The number of hydrogen-bond acceptors (Lipinski definition) is 3. The van der Waals surface area contributed by atoms with Gasteiger partial charge in [-0.1, -0.05) is 36.8 Å². The number of benzene rings is 1. The van der Waals surface area contributed by atoms with Gasteiger partial charge in [0.1, 0.15) is 0 Å². The first-order valence-electron chi connectivity index (χ1n) is 9.22. The maximum atomic E-state index is 11.9. The summed E-state index contributed by atoms with van der Waals surface area (Å²) in [6.07, 6.45) is 8.51. The summed E-state index contributed by atoms with van der Waals surface area (Å²) in [7, 11) is 0. The highest BCUT2D eigenvalue weighted by Gasteiger charge is 2.18. The van der Waals surface area contributed by atoms with E-state index >= 15 is 0 Å². The standard InChI is InChI=1S/C21H30N2O2/c1-3-17(4-2)7-10-21(25)22-15-18-5-8-20(9-6-18)23-13-11-19(16-24)12-14-23/h3,5-10,19,24H,4,11-16H2,1-2H3,(H,22,25). The number of aliphatic hydroxyl groups is 1. The fourth-order valence-corrected chi connectivity index (χ4v) is 3.05. The summed E-state index contributed by atoms with van der Waals surface area (Å²) in [6, 6.07) is 8.37. The summed E-state index contributed by atoms with van der Waals surface area (Å²) in [5, 5.41) is 12.1. The topological polar surface area (TPSA) is 52.6 Å². The molecule has 1 aromatic carbocycles. The van der Waals surface area contributed by atoms with E-state index in [1.165, 1.54) is 5.69 Å². The molecular formula is C21H30N2O2. The van der Waals surface area contributed by atoms with Gasteiger partial charge in [-0.05, 0) is 49.8 Å². The highest BCUT2D eigenvalue weighted by Crippen LogP contribution is 2.23. The van der Waals surface area contributed by atoms with Gasteiger partial charge in [-0.25, -0.2) is 0 Å². The predicted octanol–water partition coefficient (Wildman–Crippen LogP) is 3.42. The molecule has 25 heavy (non-hydrogen) atoms. The Kier molecular flexibility index (Phi) is 7.74. The molecule has 0 saturated carbocycles. The van der Waals surface area contributed by atoms with Crippen LogP contribution in [0.15, 0.2) is 48.1 Å². The number of anilines is 1. The monoisotopic (exact) mass is 342 g/mol. The second-order valence-electron chi connectivity index (χ2n) is 6.55. The van der Waals surface area contributed by atoms with Crippen LogP contribution in [0.5, 0.6) is 0 Å². The Morgan fingerprint density at radius 1 is 1.24 bits per heavy atom. The van der Waals surface area contributed by atoms with Gasteiger partial charge in [-0.15, -0.1) is 0 Å². The second kappa shape index (κ2) is 10.0. The first-order chi connectivity index (χ1) is 12.2. The van der Waals surface area contributed by atoms with Crippen molar-refractivity contribution in [2.45, 2.75) is 39.7 Å². The third-order valence-electron chi connectivity index (χ3n) is 4.87. The van der Waals surface area contributed by atoms with E-state index in [9.17, 15) is 9.90 Å². The van der Waals surface area contributed by atoms with E-state index in [1.54, 1.807) is 6.08 Å². The minimum atomic E-state index is -0.0667. The smallest absolute Gasteiger partial charge is 0.244 e. The van der Waals surface area contributed by atoms with Gasteiger partial charge in [0, 0.05) is 38.0 Å². The van der Waals surface area contributed by atoms with Crippen LogP contribution < -0.4 is 10.2 Å². The molecule has 0 atom stereocenters. The molecule has 1 amide bonds. The van der Waals surface area contributed by atoms with Crippen molar-refractivity contribution >= 4 is 11.6 Å². The van der Waals surface area contributed by atoms with Gasteiger partial charge >= 0.3 is 0 Å². The van der Waals surface area contributed by atoms with Crippen molar-refractivity contribution in [3.63, 3.8) is 0 Å². The number of carbonyl (C=O) groups is 1. The Morgan fingerprint density at radius 2 is 1.92 bits per heavy atom. The molecule has 0 spiro atoms. The summed E-state index contributed by atoms with van der Waals surface area (Å²) in [6.45, 7) is 6.88. The molecule has 0 radical (unpaired) electrons. The zero-order valence-corrected chi connectivity index (χ0v) is 15.4. The van der Waals surface area contributed by atoms with E-state index in [0.29, 0.717) is 19.1 Å². The molecule has 2 N–H and O–H groups in total. The van der Waals surface area contributed by atoms with E-state index in [0.717, 1.165) is 43.5 Å². The van der Waals surface area contributed by atoms with E-state index in [1.807, 2.05) is 19.1 Å². The Labute approximate surface area is 151 Å². The van der Waals surface area contributed by atoms with Crippen LogP contribution in [0.25, 0.3) is 0 Å². The maximum Gasteiger partial charge on any atom is 0.244 e. The van der Waals surface area contributed by atoms with Gasteiger partial charge in [0.2, 0.25) is 5.91 Å². The number of aliphatic hydroxyl groups excluding tert-OH is 1. The maximum absolute atomic E-state index is 11.9. The number of carbonyl (C=O) groups excluding carboxylic acids is 1. The number of nitrogens with zero attached hydrogens (tertiary/aromatic N) is 1. The molecule has 1 fully saturated rings. The molecule has 0 aromatic heterocycles. The van der Waals surface area contributed by atoms with E-state index < -0.39 is 0 Å².